The Labute approximate surface area is 142 Å². The first-order valence-electron chi connectivity index (χ1n) is 8.26. The summed E-state index contributed by atoms with van der Waals surface area (Å²) >= 11 is 0. The van der Waals surface area contributed by atoms with Crippen LogP contribution in [0.1, 0.15) is 34.3 Å². The van der Waals surface area contributed by atoms with Crippen LogP contribution in [0.15, 0.2) is 18.2 Å². The van der Waals surface area contributed by atoms with Crippen LogP contribution in [0.3, 0.4) is 0 Å². The van der Waals surface area contributed by atoms with Crippen LogP contribution >= 0.6 is 0 Å². The van der Waals surface area contributed by atoms with Gasteiger partial charge in [-0.15, -0.1) is 0 Å². The SMILES string of the molecule is CNC(=O)C1CCN(C(=O)CNC(=O)c2cc(C)cc(C)c2)CC1. The number of rotatable bonds is 4. The van der Waals surface area contributed by atoms with Crippen molar-refractivity contribution < 1.29 is 14.4 Å². The van der Waals surface area contributed by atoms with Gasteiger partial charge in [0.25, 0.3) is 5.91 Å². The summed E-state index contributed by atoms with van der Waals surface area (Å²) in [6.07, 6.45) is 1.33. The number of benzene rings is 1. The van der Waals surface area contributed by atoms with E-state index in [1.54, 1.807) is 11.9 Å². The van der Waals surface area contributed by atoms with Gasteiger partial charge in [-0.2, -0.15) is 0 Å². The highest BCUT2D eigenvalue weighted by molar-refractivity contribution is 5.96. The van der Waals surface area contributed by atoms with Gasteiger partial charge < -0.3 is 15.5 Å². The van der Waals surface area contributed by atoms with Crippen molar-refractivity contribution in [1.29, 1.82) is 0 Å². The predicted molar refractivity (Wildman–Crippen MR) is 91.6 cm³/mol. The van der Waals surface area contributed by atoms with Crippen LogP contribution in [0.25, 0.3) is 0 Å². The molecule has 130 valence electrons. The molecule has 0 spiro atoms. The smallest absolute Gasteiger partial charge is 0.251 e. The number of likely N-dealkylation sites (tertiary alicyclic amines) is 1. The minimum Gasteiger partial charge on any atom is -0.359 e. The quantitative estimate of drug-likeness (QED) is 0.864. The van der Waals surface area contributed by atoms with Gasteiger partial charge in [-0.3, -0.25) is 14.4 Å². The maximum atomic E-state index is 12.2. The lowest BCUT2D eigenvalue weighted by Crippen LogP contribution is -2.46. The van der Waals surface area contributed by atoms with Crippen molar-refractivity contribution in [1.82, 2.24) is 15.5 Å². The van der Waals surface area contributed by atoms with Crippen LogP contribution in [0.4, 0.5) is 0 Å². The van der Waals surface area contributed by atoms with Crippen LogP contribution in [0.2, 0.25) is 0 Å². The molecule has 1 fully saturated rings. The van der Waals surface area contributed by atoms with Crippen molar-refractivity contribution in [3.8, 4) is 0 Å². The molecule has 1 aromatic rings. The zero-order valence-corrected chi connectivity index (χ0v) is 14.5. The lowest BCUT2D eigenvalue weighted by Gasteiger charge is -2.31. The number of piperidine rings is 1. The van der Waals surface area contributed by atoms with Crippen LogP contribution in [0.5, 0.6) is 0 Å². The largest absolute Gasteiger partial charge is 0.359 e. The Balaban J connectivity index is 1.83. The molecule has 1 aliphatic rings. The molecular formula is C18H25N3O3. The molecule has 6 heteroatoms. The van der Waals surface area contributed by atoms with E-state index in [4.69, 9.17) is 0 Å². The summed E-state index contributed by atoms with van der Waals surface area (Å²) in [5.74, 6) is -0.340. The monoisotopic (exact) mass is 331 g/mol. The van der Waals surface area contributed by atoms with E-state index in [1.807, 2.05) is 32.0 Å². The van der Waals surface area contributed by atoms with E-state index in [-0.39, 0.29) is 30.2 Å². The highest BCUT2D eigenvalue weighted by Gasteiger charge is 2.26. The fourth-order valence-corrected chi connectivity index (χ4v) is 3.07. The Hall–Kier alpha value is -2.37. The number of aryl methyl sites for hydroxylation is 2. The van der Waals surface area contributed by atoms with Crippen LogP contribution in [-0.4, -0.2) is 49.3 Å². The summed E-state index contributed by atoms with van der Waals surface area (Å²) in [5, 5.41) is 5.33. The van der Waals surface area contributed by atoms with Gasteiger partial charge in [0.2, 0.25) is 11.8 Å². The fourth-order valence-electron chi connectivity index (χ4n) is 3.07. The van der Waals surface area contributed by atoms with E-state index in [9.17, 15) is 14.4 Å². The van der Waals surface area contributed by atoms with E-state index < -0.39 is 0 Å². The van der Waals surface area contributed by atoms with Gasteiger partial charge in [-0.1, -0.05) is 17.2 Å². The fraction of sp³-hybridized carbons (Fsp3) is 0.500. The summed E-state index contributed by atoms with van der Waals surface area (Å²) in [4.78, 5) is 37.7. The van der Waals surface area contributed by atoms with Crippen molar-refractivity contribution in [2.24, 2.45) is 5.92 Å². The molecule has 0 unspecified atom stereocenters. The zero-order chi connectivity index (χ0) is 17.7. The predicted octanol–water partition coefficient (Wildman–Crippen LogP) is 1.02. The summed E-state index contributed by atoms with van der Waals surface area (Å²) in [7, 11) is 1.63. The molecule has 24 heavy (non-hydrogen) atoms. The second-order valence-corrected chi connectivity index (χ2v) is 6.33. The Morgan fingerprint density at radius 1 is 1.08 bits per heavy atom. The van der Waals surface area contributed by atoms with Gasteiger partial charge in [0.1, 0.15) is 0 Å². The highest BCUT2D eigenvalue weighted by atomic mass is 16.2. The zero-order valence-electron chi connectivity index (χ0n) is 14.5. The lowest BCUT2D eigenvalue weighted by molar-refractivity contribution is -0.134. The number of carbonyl (C=O) groups excluding carboxylic acids is 3. The molecule has 1 saturated heterocycles. The van der Waals surface area contributed by atoms with Gasteiger partial charge in [-0.05, 0) is 38.8 Å². The number of amides is 3. The molecule has 1 heterocycles. The molecular weight excluding hydrogens is 306 g/mol. The molecule has 2 N–H and O–H groups in total. The Bertz CT molecular complexity index is 614. The summed E-state index contributed by atoms with van der Waals surface area (Å²) < 4.78 is 0. The van der Waals surface area contributed by atoms with Crippen molar-refractivity contribution in [3.05, 3.63) is 34.9 Å². The first-order chi connectivity index (χ1) is 11.4. The third-order valence-corrected chi connectivity index (χ3v) is 4.35. The molecule has 6 nitrogen and oxygen atoms in total. The number of hydrogen-bond donors (Lipinski definition) is 2. The van der Waals surface area contributed by atoms with Crippen LogP contribution in [-0.2, 0) is 9.59 Å². The summed E-state index contributed by atoms with van der Waals surface area (Å²) in [6, 6.07) is 5.61. The molecule has 0 aliphatic carbocycles. The van der Waals surface area contributed by atoms with Crippen molar-refractivity contribution >= 4 is 17.7 Å². The second-order valence-electron chi connectivity index (χ2n) is 6.33. The van der Waals surface area contributed by atoms with E-state index in [2.05, 4.69) is 10.6 Å². The first-order valence-corrected chi connectivity index (χ1v) is 8.26. The molecule has 0 aromatic heterocycles. The molecule has 2 rings (SSSR count). The maximum absolute atomic E-state index is 12.2. The minimum absolute atomic E-state index is 0.0174. The average molecular weight is 331 g/mol. The molecule has 0 atom stereocenters. The van der Waals surface area contributed by atoms with Gasteiger partial charge in [0.05, 0.1) is 6.54 Å². The van der Waals surface area contributed by atoms with E-state index in [0.29, 0.717) is 31.5 Å². The molecule has 0 bridgehead atoms. The van der Waals surface area contributed by atoms with Gasteiger partial charge >= 0.3 is 0 Å². The molecule has 3 amide bonds. The van der Waals surface area contributed by atoms with Gasteiger partial charge in [-0.25, -0.2) is 0 Å². The van der Waals surface area contributed by atoms with E-state index >= 15 is 0 Å². The Morgan fingerprint density at radius 3 is 2.21 bits per heavy atom. The van der Waals surface area contributed by atoms with Crippen LogP contribution < -0.4 is 10.6 Å². The number of nitrogens with zero attached hydrogens (tertiary/aromatic N) is 1. The molecule has 1 aromatic carbocycles. The topological polar surface area (TPSA) is 78.5 Å². The standard InChI is InChI=1S/C18H25N3O3/c1-12-8-13(2)10-15(9-12)18(24)20-11-16(22)21-6-4-14(5-7-21)17(23)19-3/h8-10,14H,4-7,11H2,1-3H3,(H,19,23)(H,20,24). The van der Waals surface area contributed by atoms with Crippen LogP contribution in [0, 0.1) is 19.8 Å². The third kappa shape index (κ3) is 4.57. The average Bonchev–Trinajstić information content (AvgIpc) is 2.57. The number of hydrogen-bond acceptors (Lipinski definition) is 3. The Kier molecular flexibility index (Phi) is 5.95. The van der Waals surface area contributed by atoms with E-state index in [1.165, 1.54) is 0 Å². The van der Waals surface area contributed by atoms with Crippen molar-refractivity contribution in [2.45, 2.75) is 26.7 Å². The summed E-state index contributed by atoms with van der Waals surface area (Å²) in [5.41, 5.74) is 2.60. The summed E-state index contributed by atoms with van der Waals surface area (Å²) in [6.45, 7) is 4.96. The molecule has 0 radical (unpaired) electrons. The lowest BCUT2D eigenvalue weighted by atomic mass is 9.96. The highest BCUT2D eigenvalue weighted by Crippen LogP contribution is 2.17. The Morgan fingerprint density at radius 2 is 1.67 bits per heavy atom. The van der Waals surface area contributed by atoms with E-state index in [0.717, 1.165) is 11.1 Å². The number of nitrogens with one attached hydrogen (secondary N) is 2. The minimum atomic E-state index is -0.240. The van der Waals surface area contributed by atoms with Gasteiger partial charge in [0, 0.05) is 31.6 Å². The van der Waals surface area contributed by atoms with Gasteiger partial charge in [0.15, 0.2) is 0 Å². The van der Waals surface area contributed by atoms with Crippen molar-refractivity contribution in [3.63, 3.8) is 0 Å². The maximum Gasteiger partial charge on any atom is 0.251 e. The first kappa shape index (κ1) is 18.0. The van der Waals surface area contributed by atoms with Crippen molar-refractivity contribution in [2.75, 3.05) is 26.7 Å². The molecule has 0 saturated carbocycles. The molecule has 1 aliphatic heterocycles. The third-order valence-electron chi connectivity index (χ3n) is 4.35. The normalized spacial score (nSPS) is 15.0. The number of carbonyl (C=O) groups is 3. The second kappa shape index (κ2) is 7.95.